The Hall–Kier alpha value is -1.49. The Morgan fingerprint density at radius 3 is 2.63 bits per heavy atom. The summed E-state index contributed by atoms with van der Waals surface area (Å²) in [6.07, 6.45) is -6.33. The van der Waals surface area contributed by atoms with Crippen molar-refractivity contribution in [3.05, 3.63) is 35.9 Å². The third kappa shape index (κ3) is 3.10. The van der Waals surface area contributed by atoms with Gasteiger partial charge in [-0.3, -0.25) is 0 Å². The van der Waals surface area contributed by atoms with Crippen molar-refractivity contribution in [1.82, 2.24) is 4.98 Å². The van der Waals surface area contributed by atoms with Gasteiger partial charge in [0.15, 0.2) is 6.10 Å². The zero-order valence-electron chi connectivity index (χ0n) is 10.0. The first-order valence-corrected chi connectivity index (χ1v) is 6.13. The Bertz CT molecular complexity index is 586. The SMILES string of the molecule is CC(Oc1cc(CCl)c2ccccc2n1)C(F)(F)F. The zero-order chi connectivity index (χ0) is 14.0. The minimum atomic E-state index is -4.42. The predicted octanol–water partition coefficient (Wildman–Crippen LogP) is 4.30. The fourth-order valence-corrected chi connectivity index (χ4v) is 1.86. The lowest BCUT2D eigenvalue weighted by Gasteiger charge is -2.17. The summed E-state index contributed by atoms with van der Waals surface area (Å²) in [5, 5.41) is 0.810. The monoisotopic (exact) mass is 289 g/mol. The molecule has 0 spiro atoms. The molecule has 2 rings (SSSR count). The van der Waals surface area contributed by atoms with E-state index in [1.165, 1.54) is 6.07 Å². The predicted molar refractivity (Wildman–Crippen MR) is 67.4 cm³/mol. The summed E-state index contributed by atoms with van der Waals surface area (Å²) in [4.78, 5) is 4.06. The minimum Gasteiger partial charge on any atom is -0.465 e. The van der Waals surface area contributed by atoms with E-state index < -0.39 is 12.3 Å². The third-order valence-electron chi connectivity index (χ3n) is 2.68. The van der Waals surface area contributed by atoms with Crippen LogP contribution in [0, 0.1) is 0 Å². The van der Waals surface area contributed by atoms with Crippen LogP contribution < -0.4 is 4.74 Å². The second-order valence-electron chi connectivity index (χ2n) is 4.07. The molecule has 0 aliphatic rings. The van der Waals surface area contributed by atoms with E-state index in [0.717, 1.165) is 12.3 Å². The summed E-state index contributed by atoms with van der Waals surface area (Å²) in [7, 11) is 0. The summed E-state index contributed by atoms with van der Waals surface area (Å²) < 4.78 is 42.2. The van der Waals surface area contributed by atoms with E-state index in [1.54, 1.807) is 12.1 Å². The van der Waals surface area contributed by atoms with Crippen molar-refractivity contribution in [2.45, 2.75) is 25.1 Å². The van der Waals surface area contributed by atoms with Crippen LogP contribution in [0.15, 0.2) is 30.3 Å². The van der Waals surface area contributed by atoms with Crippen LogP contribution in [0.5, 0.6) is 5.88 Å². The average Bonchev–Trinajstić information content (AvgIpc) is 2.36. The van der Waals surface area contributed by atoms with Crippen molar-refractivity contribution < 1.29 is 17.9 Å². The first-order chi connectivity index (χ1) is 8.91. The number of hydrogen-bond donors (Lipinski definition) is 0. The molecule has 1 unspecified atom stereocenters. The van der Waals surface area contributed by atoms with Gasteiger partial charge in [-0.2, -0.15) is 13.2 Å². The van der Waals surface area contributed by atoms with E-state index in [0.29, 0.717) is 11.1 Å². The Labute approximate surface area is 113 Å². The maximum atomic E-state index is 12.5. The van der Waals surface area contributed by atoms with Gasteiger partial charge in [0.25, 0.3) is 0 Å². The molecule has 0 fully saturated rings. The third-order valence-corrected chi connectivity index (χ3v) is 2.97. The van der Waals surface area contributed by atoms with Crippen molar-refractivity contribution >= 4 is 22.5 Å². The molecular formula is C13H11ClF3NO. The van der Waals surface area contributed by atoms with Gasteiger partial charge in [-0.25, -0.2) is 4.98 Å². The molecule has 2 aromatic rings. The molecule has 19 heavy (non-hydrogen) atoms. The topological polar surface area (TPSA) is 22.1 Å². The molecule has 1 aromatic carbocycles. The van der Waals surface area contributed by atoms with Crippen LogP contribution in [-0.2, 0) is 5.88 Å². The number of alkyl halides is 4. The van der Waals surface area contributed by atoms with Gasteiger partial charge in [0.1, 0.15) is 0 Å². The van der Waals surface area contributed by atoms with Crippen LogP contribution in [0.1, 0.15) is 12.5 Å². The van der Waals surface area contributed by atoms with Crippen LogP contribution in [-0.4, -0.2) is 17.3 Å². The van der Waals surface area contributed by atoms with Crippen LogP contribution in [0.25, 0.3) is 10.9 Å². The second kappa shape index (κ2) is 5.25. The number of nitrogens with zero attached hydrogens (tertiary/aromatic N) is 1. The van der Waals surface area contributed by atoms with Gasteiger partial charge in [-0.15, -0.1) is 11.6 Å². The second-order valence-corrected chi connectivity index (χ2v) is 4.34. The lowest BCUT2D eigenvalue weighted by atomic mass is 10.1. The molecule has 0 saturated carbocycles. The number of aromatic nitrogens is 1. The van der Waals surface area contributed by atoms with E-state index in [9.17, 15) is 13.2 Å². The zero-order valence-corrected chi connectivity index (χ0v) is 10.8. The molecule has 6 heteroatoms. The highest BCUT2D eigenvalue weighted by Crippen LogP contribution is 2.27. The van der Waals surface area contributed by atoms with Crippen LogP contribution in [0.2, 0.25) is 0 Å². The molecule has 0 bridgehead atoms. The summed E-state index contributed by atoms with van der Waals surface area (Å²) in [5.41, 5.74) is 1.25. The van der Waals surface area contributed by atoms with E-state index >= 15 is 0 Å². The van der Waals surface area contributed by atoms with Gasteiger partial charge in [0.2, 0.25) is 5.88 Å². The molecule has 0 amide bonds. The standard InChI is InChI=1S/C13H11ClF3NO/c1-8(13(15,16)17)19-12-6-9(7-14)10-4-2-3-5-11(10)18-12/h2-6,8H,7H2,1H3. The number of rotatable bonds is 3. The number of benzene rings is 1. The van der Waals surface area contributed by atoms with Crippen molar-refractivity contribution in [2.24, 2.45) is 0 Å². The van der Waals surface area contributed by atoms with Gasteiger partial charge in [0, 0.05) is 17.3 Å². The smallest absolute Gasteiger partial charge is 0.425 e. The van der Waals surface area contributed by atoms with Crippen LogP contribution in [0.3, 0.4) is 0 Å². The Balaban J connectivity index is 2.40. The van der Waals surface area contributed by atoms with Gasteiger partial charge < -0.3 is 4.74 Å². The van der Waals surface area contributed by atoms with Gasteiger partial charge >= 0.3 is 6.18 Å². The molecule has 1 atom stereocenters. The number of fused-ring (bicyclic) bond motifs is 1. The summed E-state index contributed by atoms with van der Waals surface area (Å²) >= 11 is 5.80. The molecule has 102 valence electrons. The van der Waals surface area contributed by atoms with Gasteiger partial charge in [-0.05, 0) is 18.6 Å². The molecule has 1 aromatic heterocycles. The van der Waals surface area contributed by atoms with Crippen LogP contribution in [0.4, 0.5) is 13.2 Å². The van der Waals surface area contributed by atoms with Gasteiger partial charge in [-0.1, -0.05) is 18.2 Å². The van der Waals surface area contributed by atoms with Crippen molar-refractivity contribution in [3.8, 4) is 5.88 Å². The first-order valence-electron chi connectivity index (χ1n) is 5.60. The molecule has 0 saturated heterocycles. The molecule has 0 radical (unpaired) electrons. The number of pyridine rings is 1. The number of ether oxygens (including phenoxy) is 1. The molecule has 2 nitrogen and oxygen atoms in total. The fraction of sp³-hybridized carbons (Fsp3) is 0.308. The van der Waals surface area contributed by atoms with Crippen molar-refractivity contribution in [1.29, 1.82) is 0 Å². The van der Waals surface area contributed by atoms with E-state index in [4.69, 9.17) is 16.3 Å². The Morgan fingerprint density at radius 2 is 2.00 bits per heavy atom. The maximum Gasteiger partial charge on any atom is 0.425 e. The van der Waals surface area contributed by atoms with E-state index in [-0.39, 0.29) is 11.8 Å². The number of para-hydroxylation sites is 1. The molecule has 0 N–H and O–H groups in total. The molecule has 0 aliphatic carbocycles. The average molecular weight is 290 g/mol. The Morgan fingerprint density at radius 1 is 1.32 bits per heavy atom. The highest BCUT2D eigenvalue weighted by Gasteiger charge is 2.38. The summed E-state index contributed by atoms with van der Waals surface area (Å²) in [5.74, 6) is 0.110. The molecule has 1 heterocycles. The molecule has 0 aliphatic heterocycles. The largest absolute Gasteiger partial charge is 0.465 e. The van der Waals surface area contributed by atoms with Crippen LogP contribution >= 0.6 is 11.6 Å². The highest BCUT2D eigenvalue weighted by molar-refractivity contribution is 6.18. The lowest BCUT2D eigenvalue weighted by Crippen LogP contribution is -2.31. The molecular weight excluding hydrogens is 279 g/mol. The van der Waals surface area contributed by atoms with Gasteiger partial charge in [0.05, 0.1) is 5.52 Å². The normalized spacial score (nSPS) is 13.5. The fourth-order valence-electron chi connectivity index (χ4n) is 1.64. The number of hydrogen-bond acceptors (Lipinski definition) is 2. The highest BCUT2D eigenvalue weighted by atomic mass is 35.5. The minimum absolute atomic E-state index is 0.0702. The summed E-state index contributed by atoms with van der Waals surface area (Å²) in [6, 6.07) is 8.54. The lowest BCUT2D eigenvalue weighted by molar-refractivity contribution is -0.189. The van der Waals surface area contributed by atoms with E-state index in [1.807, 2.05) is 12.1 Å². The van der Waals surface area contributed by atoms with Crippen molar-refractivity contribution in [2.75, 3.05) is 0 Å². The quantitative estimate of drug-likeness (QED) is 0.786. The first kappa shape index (κ1) is 13.9. The summed E-state index contributed by atoms with van der Waals surface area (Å²) in [6.45, 7) is 0.942. The van der Waals surface area contributed by atoms with E-state index in [2.05, 4.69) is 4.98 Å². The van der Waals surface area contributed by atoms with Crippen molar-refractivity contribution in [3.63, 3.8) is 0 Å². The maximum absolute atomic E-state index is 12.5. The Kier molecular flexibility index (Phi) is 3.85. The number of halogens is 4.